The molecule has 0 aliphatic carbocycles. The number of carbonyl (C=O) groups is 1. The van der Waals surface area contributed by atoms with Crippen molar-refractivity contribution in [2.75, 3.05) is 0 Å². The van der Waals surface area contributed by atoms with Gasteiger partial charge in [-0.05, 0) is 42.3 Å². The zero-order chi connectivity index (χ0) is 15.0. The molecule has 0 aliphatic rings. The molecule has 0 spiro atoms. The molecule has 3 aromatic rings. The second-order valence-electron chi connectivity index (χ2n) is 5.03. The summed E-state index contributed by atoms with van der Waals surface area (Å²) in [5.74, 6) is -1.06. The molecule has 3 rings (SSSR count). The molecule has 0 saturated heterocycles. The molecule has 0 radical (unpaired) electrons. The molecule has 0 saturated carbocycles. The highest BCUT2D eigenvalue weighted by Gasteiger charge is 2.11. The summed E-state index contributed by atoms with van der Waals surface area (Å²) in [6, 6.07) is 9.88. The van der Waals surface area contributed by atoms with Gasteiger partial charge < -0.3 is 9.52 Å². The van der Waals surface area contributed by atoms with Crippen molar-refractivity contribution in [3.05, 3.63) is 57.7 Å². The van der Waals surface area contributed by atoms with Gasteiger partial charge in [-0.3, -0.25) is 4.79 Å². The highest BCUT2D eigenvalue weighted by molar-refractivity contribution is 5.96. The first-order chi connectivity index (χ1) is 10.1. The van der Waals surface area contributed by atoms with Gasteiger partial charge in [0, 0.05) is 0 Å². The predicted molar refractivity (Wildman–Crippen MR) is 80.9 cm³/mol. The van der Waals surface area contributed by atoms with Crippen LogP contribution >= 0.6 is 0 Å². The molecule has 1 N–H and O–H groups in total. The molecule has 4 heteroatoms. The largest absolute Gasteiger partial charge is 0.478 e. The minimum atomic E-state index is -1.06. The van der Waals surface area contributed by atoms with Gasteiger partial charge in [-0.2, -0.15) is 0 Å². The molecular weight excluding hydrogens is 268 g/mol. The van der Waals surface area contributed by atoms with Crippen LogP contribution in [0.2, 0.25) is 0 Å². The Kier molecular flexibility index (Phi) is 3.22. The van der Waals surface area contributed by atoms with Crippen molar-refractivity contribution in [3.63, 3.8) is 0 Å². The fraction of sp³-hybridized carbons (Fsp3) is 0.176. The first kappa shape index (κ1) is 13.4. The third-order valence-electron chi connectivity index (χ3n) is 3.52. The summed E-state index contributed by atoms with van der Waals surface area (Å²) < 4.78 is 5.76. The van der Waals surface area contributed by atoms with Crippen LogP contribution in [0, 0.1) is 0 Å². The molecule has 2 aromatic carbocycles. The van der Waals surface area contributed by atoms with Crippen LogP contribution in [0.25, 0.3) is 21.9 Å². The Morgan fingerprint density at radius 3 is 2.62 bits per heavy atom. The normalized spacial score (nSPS) is 11.1. The molecule has 0 bridgehead atoms. The third-order valence-corrected chi connectivity index (χ3v) is 3.52. The van der Waals surface area contributed by atoms with Gasteiger partial charge in [0.1, 0.15) is 11.2 Å². The second kappa shape index (κ2) is 5.05. The predicted octanol–water partition coefficient (Wildman–Crippen LogP) is 3.60. The first-order valence-electron chi connectivity index (χ1n) is 6.83. The number of rotatable bonds is 3. The number of aryl methyl sites for hydroxylation is 1. The van der Waals surface area contributed by atoms with Crippen molar-refractivity contribution in [2.45, 2.75) is 19.8 Å². The fourth-order valence-corrected chi connectivity index (χ4v) is 2.48. The summed E-state index contributed by atoms with van der Waals surface area (Å²) in [4.78, 5) is 23.5. The number of aromatic carboxylic acids is 1. The lowest BCUT2D eigenvalue weighted by atomic mass is 10.1. The Bertz CT molecular complexity index is 906. The molecule has 106 valence electrons. The number of fused-ring (bicyclic) bond motifs is 2. The average Bonchev–Trinajstić information content (AvgIpc) is 2.47. The van der Waals surface area contributed by atoms with E-state index in [0.717, 1.165) is 18.4 Å². The average molecular weight is 282 g/mol. The van der Waals surface area contributed by atoms with Gasteiger partial charge in [-0.15, -0.1) is 0 Å². The summed E-state index contributed by atoms with van der Waals surface area (Å²) in [5.41, 5.74) is 1.96. The lowest BCUT2D eigenvalue weighted by Gasteiger charge is -2.04. The van der Waals surface area contributed by atoms with E-state index in [2.05, 4.69) is 6.92 Å². The van der Waals surface area contributed by atoms with E-state index in [4.69, 9.17) is 9.52 Å². The quantitative estimate of drug-likeness (QED) is 0.745. The van der Waals surface area contributed by atoms with Gasteiger partial charge in [-0.1, -0.05) is 19.4 Å². The topological polar surface area (TPSA) is 67.5 Å². The summed E-state index contributed by atoms with van der Waals surface area (Å²) in [6.45, 7) is 2.09. The van der Waals surface area contributed by atoms with Crippen molar-refractivity contribution in [3.8, 4) is 0 Å². The standard InChI is InChI=1S/C17H14O4/c1-2-3-10-4-6-12-15(8-10)21-14-7-5-11(17(19)20)9-13(14)16(12)18/h4-9H,2-3H2,1H3,(H,19,20). The molecule has 0 unspecified atom stereocenters. The van der Waals surface area contributed by atoms with Crippen LogP contribution in [0.3, 0.4) is 0 Å². The molecule has 1 aromatic heterocycles. The van der Waals surface area contributed by atoms with Gasteiger partial charge in [0.2, 0.25) is 5.43 Å². The van der Waals surface area contributed by atoms with Crippen LogP contribution in [0.15, 0.2) is 45.6 Å². The van der Waals surface area contributed by atoms with Gasteiger partial charge in [0.25, 0.3) is 0 Å². The highest BCUT2D eigenvalue weighted by Crippen LogP contribution is 2.21. The van der Waals surface area contributed by atoms with Crippen LogP contribution in [-0.4, -0.2) is 11.1 Å². The van der Waals surface area contributed by atoms with Gasteiger partial charge in [0.15, 0.2) is 0 Å². The van der Waals surface area contributed by atoms with Gasteiger partial charge >= 0.3 is 5.97 Å². The fourth-order valence-electron chi connectivity index (χ4n) is 2.48. The number of hydrogen-bond donors (Lipinski definition) is 1. The molecule has 0 aliphatic heterocycles. The van der Waals surface area contributed by atoms with Crippen molar-refractivity contribution < 1.29 is 14.3 Å². The Morgan fingerprint density at radius 2 is 1.90 bits per heavy atom. The van der Waals surface area contributed by atoms with E-state index >= 15 is 0 Å². The Labute approximate surface area is 120 Å². The SMILES string of the molecule is CCCc1ccc2c(=O)c3cc(C(=O)O)ccc3oc2c1. The van der Waals surface area contributed by atoms with Crippen molar-refractivity contribution in [1.82, 2.24) is 0 Å². The monoisotopic (exact) mass is 282 g/mol. The maximum absolute atomic E-state index is 12.5. The van der Waals surface area contributed by atoms with Crippen LogP contribution in [0.4, 0.5) is 0 Å². The van der Waals surface area contributed by atoms with E-state index in [1.165, 1.54) is 18.2 Å². The smallest absolute Gasteiger partial charge is 0.335 e. The first-order valence-corrected chi connectivity index (χ1v) is 6.83. The zero-order valence-corrected chi connectivity index (χ0v) is 11.6. The Morgan fingerprint density at radius 1 is 1.10 bits per heavy atom. The Hall–Kier alpha value is -2.62. The molecule has 0 fully saturated rings. The Balaban J connectivity index is 2.32. The molecule has 0 atom stereocenters. The minimum Gasteiger partial charge on any atom is -0.478 e. The second-order valence-corrected chi connectivity index (χ2v) is 5.03. The number of carboxylic acid groups (broad SMARTS) is 1. The van der Waals surface area contributed by atoms with Crippen molar-refractivity contribution in [1.29, 1.82) is 0 Å². The summed E-state index contributed by atoms with van der Waals surface area (Å²) in [6.07, 6.45) is 1.95. The zero-order valence-electron chi connectivity index (χ0n) is 11.6. The molecular formula is C17H14O4. The van der Waals surface area contributed by atoms with Crippen LogP contribution in [0.1, 0.15) is 29.3 Å². The summed E-state index contributed by atoms with van der Waals surface area (Å²) >= 11 is 0. The maximum atomic E-state index is 12.5. The maximum Gasteiger partial charge on any atom is 0.335 e. The summed E-state index contributed by atoms with van der Waals surface area (Å²) in [5, 5.41) is 9.78. The van der Waals surface area contributed by atoms with E-state index in [1.54, 1.807) is 6.07 Å². The van der Waals surface area contributed by atoms with E-state index in [-0.39, 0.29) is 11.0 Å². The van der Waals surface area contributed by atoms with E-state index in [1.807, 2.05) is 12.1 Å². The lowest BCUT2D eigenvalue weighted by Crippen LogP contribution is -2.04. The van der Waals surface area contributed by atoms with E-state index < -0.39 is 5.97 Å². The lowest BCUT2D eigenvalue weighted by molar-refractivity contribution is 0.0697. The minimum absolute atomic E-state index is 0.0803. The van der Waals surface area contributed by atoms with Gasteiger partial charge in [-0.25, -0.2) is 4.79 Å². The number of hydrogen-bond acceptors (Lipinski definition) is 3. The highest BCUT2D eigenvalue weighted by atomic mass is 16.4. The van der Waals surface area contributed by atoms with Crippen molar-refractivity contribution >= 4 is 27.9 Å². The van der Waals surface area contributed by atoms with E-state index in [9.17, 15) is 9.59 Å². The summed E-state index contributed by atoms with van der Waals surface area (Å²) in [7, 11) is 0. The third kappa shape index (κ3) is 2.29. The number of carboxylic acids is 1. The van der Waals surface area contributed by atoms with Crippen LogP contribution in [-0.2, 0) is 6.42 Å². The number of benzene rings is 2. The molecule has 1 heterocycles. The van der Waals surface area contributed by atoms with Gasteiger partial charge in [0.05, 0.1) is 16.3 Å². The molecule has 4 nitrogen and oxygen atoms in total. The van der Waals surface area contributed by atoms with Crippen LogP contribution < -0.4 is 5.43 Å². The molecule has 21 heavy (non-hydrogen) atoms. The molecule has 0 amide bonds. The van der Waals surface area contributed by atoms with Crippen LogP contribution in [0.5, 0.6) is 0 Å². The van der Waals surface area contributed by atoms with Crippen molar-refractivity contribution in [2.24, 2.45) is 0 Å². The van der Waals surface area contributed by atoms with E-state index in [0.29, 0.717) is 21.9 Å².